The van der Waals surface area contributed by atoms with Crippen LogP contribution in [0.1, 0.15) is 78.3 Å². The Morgan fingerprint density at radius 3 is 1.82 bits per heavy atom. The number of imidazole rings is 1. The van der Waals surface area contributed by atoms with Gasteiger partial charge in [0, 0.05) is 11.7 Å². The second-order valence-electron chi connectivity index (χ2n) is 19.1. The third-order valence-corrected chi connectivity index (χ3v) is 23.1. The molecule has 3 heterocycles. The summed E-state index contributed by atoms with van der Waals surface area (Å²) in [7, 11) is -4.57. The number of rotatable bonds is 16. The summed E-state index contributed by atoms with van der Waals surface area (Å²) in [6.45, 7) is 27.0. The molecule has 3 aromatic carbocycles. The van der Waals surface area contributed by atoms with E-state index in [-0.39, 0.29) is 21.9 Å². The highest BCUT2D eigenvalue weighted by Crippen LogP contribution is 2.49. The van der Waals surface area contributed by atoms with Crippen LogP contribution in [0.2, 0.25) is 36.3 Å². The fraction of sp³-hybridized carbons (Fsp3) is 0.489. The van der Waals surface area contributed by atoms with E-state index in [0.29, 0.717) is 35.9 Å². The molecule has 0 radical (unpaired) electrons. The van der Waals surface area contributed by atoms with Gasteiger partial charge in [0.1, 0.15) is 24.6 Å². The van der Waals surface area contributed by atoms with E-state index in [0.717, 1.165) is 0 Å². The predicted octanol–water partition coefficient (Wildman–Crippen LogP) is 10.8. The van der Waals surface area contributed by atoms with E-state index in [4.69, 9.17) is 23.3 Å². The monoisotopic (exact) mass is 867 g/mol. The van der Waals surface area contributed by atoms with Crippen molar-refractivity contribution in [1.82, 2.24) is 19.5 Å². The summed E-state index contributed by atoms with van der Waals surface area (Å²) in [6.07, 6.45) is 1.07. The maximum atomic E-state index is 12.8. The molecular formula is C47H65N5O5SSi2. The van der Waals surface area contributed by atoms with Crippen LogP contribution in [-0.2, 0) is 27.9 Å². The van der Waals surface area contributed by atoms with E-state index in [9.17, 15) is 4.79 Å². The number of aromatic nitrogens is 4. The molecular weight excluding hydrogens is 803 g/mol. The minimum atomic E-state index is -2.39. The molecule has 0 spiro atoms. The maximum Gasteiger partial charge on any atom is 0.228 e. The van der Waals surface area contributed by atoms with Crippen LogP contribution in [0.15, 0.2) is 104 Å². The zero-order valence-corrected chi connectivity index (χ0v) is 40.4. The van der Waals surface area contributed by atoms with Crippen molar-refractivity contribution in [2.75, 3.05) is 24.3 Å². The van der Waals surface area contributed by atoms with Gasteiger partial charge in [-0.25, -0.2) is 15.0 Å². The summed E-state index contributed by atoms with van der Waals surface area (Å²) in [6, 6.07) is 32.2. The van der Waals surface area contributed by atoms with Crippen molar-refractivity contribution in [2.45, 2.75) is 121 Å². The minimum absolute atomic E-state index is 0.00493. The van der Waals surface area contributed by atoms with Gasteiger partial charge in [-0.05, 0) is 53.0 Å². The molecule has 2 aromatic heterocycles. The molecule has 4 atom stereocenters. The summed E-state index contributed by atoms with van der Waals surface area (Å²) in [5.74, 6) is 0.641. The van der Waals surface area contributed by atoms with Crippen LogP contribution in [-0.4, -0.2) is 79.3 Å². The van der Waals surface area contributed by atoms with Gasteiger partial charge in [0.25, 0.3) is 0 Å². The minimum Gasteiger partial charge on any atom is -0.414 e. The Morgan fingerprint density at radius 1 is 0.783 bits per heavy atom. The predicted molar refractivity (Wildman–Crippen MR) is 249 cm³/mol. The molecule has 0 saturated carbocycles. The number of amides is 1. The second-order valence-corrected chi connectivity index (χ2v) is 30.0. The average molecular weight is 868 g/mol. The van der Waals surface area contributed by atoms with Crippen molar-refractivity contribution in [2.24, 2.45) is 5.92 Å². The van der Waals surface area contributed by atoms with Gasteiger partial charge in [-0.15, -0.1) is 11.8 Å². The molecule has 1 aliphatic heterocycles. The fourth-order valence-corrected chi connectivity index (χ4v) is 10.7. The first kappa shape index (κ1) is 45.8. The van der Waals surface area contributed by atoms with Crippen LogP contribution in [0.5, 0.6) is 0 Å². The van der Waals surface area contributed by atoms with E-state index >= 15 is 0 Å². The van der Waals surface area contributed by atoms with E-state index in [2.05, 4.69) is 174 Å². The lowest BCUT2D eigenvalue weighted by Crippen LogP contribution is -2.51. The molecule has 6 rings (SSSR count). The fourth-order valence-electron chi connectivity index (χ4n) is 6.95. The molecule has 322 valence electrons. The van der Waals surface area contributed by atoms with E-state index in [1.165, 1.54) is 23.0 Å². The quantitative estimate of drug-likeness (QED) is 0.0589. The van der Waals surface area contributed by atoms with Gasteiger partial charge >= 0.3 is 0 Å². The lowest BCUT2D eigenvalue weighted by atomic mass is 9.84. The van der Waals surface area contributed by atoms with Crippen LogP contribution in [0.4, 0.5) is 5.82 Å². The number of nitrogens with zero attached hydrogens (tertiary/aromatic N) is 4. The standard InChI is InChI=1S/C47H65N5O5SSi2/c1-33(2)43(53)51-41-38-42(49-31-48-41)52(32-50-38)44-40(39(57-60(11,12)46(6,7)8)37(56-44)30-55-59(9,10)45(3,4)5)54-28-29-58-47(34-22-16-13-17-23-34,35-24-18-14-19-25-35)36-26-20-15-21-27-36/h13-27,31-33,37,39-40,44H,28-30H2,1-12H3,(H,48,49,51,53)/t37-,39-,40-,44-/m1/s1. The van der Waals surface area contributed by atoms with Gasteiger partial charge in [-0.1, -0.05) is 146 Å². The number of carbonyl (C=O) groups excluding carboxylic acids is 1. The number of nitrogens with one attached hydrogen (secondary N) is 1. The lowest BCUT2D eigenvalue weighted by Gasteiger charge is -2.41. The average Bonchev–Trinajstić information content (AvgIpc) is 3.78. The highest BCUT2D eigenvalue weighted by molar-refractivity contribution is 8.00. The Kier molecular flexibility index (Phi) is 14.0. The molecule has 1 saturated heterocycles. The molecule has 0 aliphatic carbocycles. The smallest absolute Gasteiger partial charge is 0.228 e. The summed E-state index contributed by atoms with van der Waals surface area (Å²) in [5, 5.41) is 2.87. The molecule has 5 aromatic rings. The number of benzene rings is 3. The number of fused-ring (bicyclic) bond motifs is 1. The van der Waals surface area contributed by atoms with Crippen LogP contribution < -0.4 is 5.32 Å². The second kappa shape index (κ2) is 18.3. The molecule has 1 N–H and O–H groups in total. The Bertz CT molecular complexity index is 2080. The van der Waals surface area contributed by atoms with E-state index in [1.54, 1.807) is 6.33 Å². The van der Waals surface area contributed by atoms with Gasteiger partial charge in [0.15, 0.2) is 39.8 Å². The van der Waals surface area contributed by atoms with Gasteiger partial charge in [-0.3, -0.25) is 9.36 Å². The number of ether oxygens (including phenoxy) is 2. The first-order chi connectivity index (χ1) is 28.3. The van der Waals surface area contributed by atoms with Crippen molar-refractivity contribution in [3.05, 3.63) is 120 Å². The van der Waals surface area contributed by atoms with E-state index < -0.39 is 45.9 Å². The normalized spacial score (nSPS) is 19.3. The third-order valence-electron chi connectivity index (χ3n) is 12.6. The Balaban J connectivity index is 1.40. The number of thioether (sulfide) groups is 1. The van der Waals surface area contributed by atoms with Gasteiger partial charge in [0.2, 0.25) is 5.91 Å². The van der Waals surface area contributed by atoms with Crippen molar-refractivity contribution in [3.8, 4) is 0 Å². The molecule has 10 nitrogen and oxygen atoms in total. The van der Waals surface area contributed by atoms with Crippen LogP contribution in [0, 0.1) is 5.92 Å². The van der Waals surface area contributed by atoms with Crippen molar-refractivity contribution < 1.29 is 23.1 Å². The highest BCUT2D eigenvalue weighted by Gasteiger charge is 2.53. The number of hydrogen-bond donors (Lipinski definition) is 1. The van der Waals surface area contributed by atoms with Crippen molar-refractivity contribution in [1.29, 1.82) is 0 Å². The largest absolute Gasteiger partial charge is 0.414 e. The van der Waals surface area contributed by atoms with Crippen LogP contribution in [0.25, 0.3) is 11.2 Å². The molecule has 1 aliphatic rings. The Morgan fingerprint density at radius 2 is 1.32 bits per heavy atom. The summed E-state index contributed by atoms with van der Waals surface area (Å²) < 4.78 is 30.0. The van der Waals surface area contributed by atoms with Crippen LogP contribution >= 0.6 is 11.8 Å². The SMILES string of the molecule is CC(C)C(=O)Nc1ncnc2c1ncn2[C@@H]1O[C@H](CO[Si](C)(C)C(C)(C)C)[C@@H](O[Si](C)(C)C(C)(C)C)[C@H]1OCCSC(c1ccccc1)(c1ccccc1)c1ccccc1. The summed E-state index contributed by atoms with van der Waals surface area (Å²) >= 11 is 1.86. The highest BCUT2D eigenvalue weighted by atomic mass is 32.2. The number of anilines is 1. The van der Waals surface area contributed by atoms with E-state index in [1.807, 2.05) is 30.2 Å². The number of carbonyl (C=O) groups is 1. The summed E-state index contributed by atoms with van der Waals surface area (Å²) in [4.78, 5) is 26.6. The van der Waals surface area contributed by atoms with Gasteiger partial charge in [0.05, 0.1) is 24.3 Å². The zero-order chi connectivity index (χ0) is 43.5. The van der Waals surface area contributed by atoms with Gasteiger partial charge in [-0.2, -0.15) is 0 Å². The molecule has 1 fully saturated rings. The third kappa shape index (κ3) is 9.67. The molecule has 13 heteroatoms. The number of hydrogen-bond acceptors (Lipinski definition) is 9. The maximum absolute atomic E-state index is 12.8. The van der Waals surface area contributed by atoms with Crippen molar-refractivity contribution >= 4 is 51.3 Å². The lowest BCUT2D eigenvalue weighted by molar-refractivity contribution is -0.118. The Labute approximate surface area is 363 Å². The Hall–Kier alpha value is -3.70. The topological polar surface area (TPSA) is 110 Å². The first-order valence-corrected chi connectivity index (χ1v) is 27.9. The van der Waals surface area contributed by atoms with Crippen LogP contribution in [0.3, 0.4) is 0 Å². The van der Waals surface area contributed by atoms with Crippen molar-refractivity contribution in [3.63, 3.8) is 0 Å². The molecule has 60 heavy (non-hydrogen) atoms. The zero-order valence-electron chi connectivity index (χ0n) is 37.6. The molecule has 0 bridgehead atoms. The molecule has 1 amide bonds. The van der Waals surface area contributed by atoms with Gasteiger partial charge < -0.3 is 23.6 Å². The first-order valence-electron chi connectivity index (χ1n) is 21.1. The summed E-state index contributed by atoms with van der Waals surface area (Å²) in [5.41, 5.74) is 4.60. The molecule has 0 unspecified atom stereocenters.